The summed E-state index contributed by atoms with van der Waals surface area (Å²) in [5, 5.41) is 4.52. The molecule has 80 valence electrons. The summed E-state index contributed by atoms with van der Waals surface area (Å²) >= 11 is 5.43. The lowest BCUT2D eigenvalue weighted by Crippen LogP contribution is -2.45. The number of likely N-dealkylation sites (tertiary alicyclic amines) is 1. The van der Waals surface area contributed by atoms with Gasteiger partial charge in [0.05, 0.1) is 0 Å². The molecule has 1 saturated carbocycles. The molecule has 0 amide bonds. The summed E-state index contributed by atoms with van der Waals surface area (Å²) in [5.41, 5.74) is 0. The molecule has 1 aliphatic carbocycles. The van der Waals surface area contributed by atoms with Crippen LogP contribution in [0.25, 0.3) is 0 Å². The van der Waals surface area contributed by atoms with Crippen molar-refractivity contribution < 1.29 is 0 Å². The van der Waals surface area contributed by atoms with Gasteiger partial charge in [-0.3, -0.25) is 0 Å². The average Bonchev–Trinajstić information content (AvgIpc) is 2.72. The first kappa shape index (κ1) is 10.2. The summed E-state index contributed by atoms with van der Waals surface area (Å²) in [4.78, 5) is 2.34. The van der Waals surface area contributed by atoms with Crippen molar-refractivity contribution in [2.24, 2.45) is 0 Å². The van der Waals surface area contributed by atoms with Gasteiger partial charge in [0, 0.05) is 19.1 Å². The molecule has 3 heteroatoms. The molecule has 1 saturated heterocycles. The lowest BCUT2D eigenvalue weighted by Gasteiger charge is -2.30. The van der Waals surface area contributed by atoms with Gasteiger partial charge >= 0.3 is 0 Å². The van der Waals surface area contributed by atoms with Gasteiger partial charge in [0.2, 0.25) is 0 Å². The average molecular weight is 212 g/mol. The predicted octanol–water partition coefficient (Wildman–Crippen LogP) is 2.29. The van der Waals surface area contributed by atoms with Crippen LogP contribution < -0.4 is 5.32 Å². The van der Waals surface area contributed by atoms with Crippen LogP contribution in [0.3, 0.4) is 0 Å². The minimum absolute atomic E-state index is 0.671. The number of piperidine rings is 1. The number of hydrogen-bond donors (Lipinski definition) is 1. The van der Waals surface area contributed by atoms with Crippen molar-refractivity contribution in [2.45, 2.75) is 51.0 Å². The van der Waals surface area contributed by atoms with E-state index in [0.717, 1.165) is 5.11 Å². The maximum absolute atomic E-state index is 5.43. The van der Waals surface area contributed by atoms with Gasteiger partial charge in [-0.1, -0.05) is 12.8 Å². The van der Waals surface area contributed by atoms with Crippen molar-refractivity contribution in [3.8, 4) is 0 Å². The Morgan fingerprint density at radius 3 is 2.29 bits per heavy atom. The third kappa shape index (κ3) is 2.59. The number of thiocarbonyl (C=S) groups is 1. The number of rotatable bonds is 1. The van der Waals surface area contributed by atoms with Crippen LogP contribution in [0.5, 0.6) is 0 Å². The number of nitrogens with one attached hydrogen (secondary N) is 1. The molecular formula is C11H20N2S. The first-order valence-corrected chi connectivity index (χ1v) is 6.32. The lowest BCUT2D eigenvalue weighted by atomic mass is 10.1. The molecule has 2 aliphatic rings. The van der Waals surface area contributed by atoms with E-state index in [2.05, 4.69) is 10.2 Å². The van der Waals surface area contributed by atoms with Crippen LogP contribution in [-0.2, 0) is 0 Å². The molecule has 0 spiro atoms. The maximum atomic E-state index is 5.43. The highest BCUT2D eigenvalue weighted by molar-refractivity contribution is 7.80. The molecule has 0 aromatic carbocycles. The Bertz CT molecular complexity index is 193. The van der Waals surface area contributed by atoms with Gasteiger partial charge in [-0.2, -0.15) is 0 Å². The zero-order chi connectivity index (χ0) is 9.80. The van der Waals surface area contributed by atoms with E-state index in [-0.39, 0.29) is 0 Å². The van der Waals surface area contributed by atoms with E-state index in [1.165, 1.54) is 58.0 Å². The Balaban J connectivity index is 1.75. The molecule has 0 bridgehead atoms. The molecular weight excluding hydrogens is 192 g/mol. The van der Waals surface area contributed by atoms with Gasteiger partial charge in [0.1, 0.15) is 0 Å². The monoisotopic (exact) mass is 212 g/mol. The second-order valence-electron chi connectivity index (χ2n) is 4.48. The second kappa shape index (κ2) is 4.96. The molecule has 1 N–H and O–H groups in total. The smallest absolute Gasteiger partial charge is 0.169 e. The second-order valence-corrected chi connectivity index (χ2v) is 4.87. The zero-order valence-corrected chi connectivity index (χ0v) is 9.61. The van der Waals surface area contributed by atoms with Gasteiger partial charge < -0.3 is 10.2 Å². The first-order chi connectivity index (χ1) is 6.86. The van der Waals surface area contributed by atoms with Crippen molar-refractivity contribution >= 4 is 17.3 Å². The van der Waals surface area contributed by atoms with Crippen LogP contribution in [0.15, 0.2) is 0 Å². The van der Waals surface area contributed by atoms with E-state index < -0.39 is 0 Å². The highest BCUT2D eigenvalue weighted by Gasteiger charge is 2.19. The maximum Gasteiger partial charge on any atom is 0.169 e. The van der Waals surface area contributed by atoms with Crippen molar-refractivity contribution in [1.29, 1.82) is 0 Å². The molecule has 14 heavy (non-hydrogen) atoms. The van der Waals surface area contributed by atoms with E-state index in [4.69, 9.17) is 12.2 Å². The van der Waals surface area contributed by atoms with Crippen molar-refractivity contribution in [2.75, 3.05) is 13.1 Å². The zero-order valence-electron chi connectivity index (χ0n) is 8.80. The molecule has 0 atom stereocenters. The first-order valence-electron chi connectivity index (χ1n) is 5.92. The van der Waals surface area contributed by atoms with E-state index in [0.29, 0.717) is 6.04 Å². The summed E-state index contributed by atoms with van der Waals surface area (Å²) < 4.78 is 0. The van der Waals surface area contributed by atoms with Crippen LogP contribution in [0.4, 0.5) is 0 Å². The number of hydrogen-bond acceptors (Lipinski definition) is 1. The van der Waals surface area contributed by atoms with E-state index >= 15 is 0 Å². The van der Waals surface area contributed by atoms with Gasteiger partial charge in [0.25, 0.3) is 0 Å². The topological polar surface area (TPSA) is 15.3 Å². The fourth-order valence-corrected chi connectivity index (χ4v) is 2.78. The molecule has 2 fully saturated rings. The minimum Gasteiger partial charge on any atom is -0.360 e. The summed E-state index contributed by atoms with van der Waals surface area (Å²) in [6.45, 7) is 2.33. The van der Waals surface area contributed by atoms with Crippen molar-refractivity contribution in [3.05, 3.63) is 0 Å². The Kier molecular flexibility index (Phi) is 3.62. The summed E-state index contributed by atoms with van der Waals surface area (Å²) in [6.07, 6.45) is 9.38. The van der Waals surface area contributed by atoms with Crippen LogP contribution in [0.2, 0.25) is 0 Å². The Morgan fingerprint density at radius 2 is 1.64 bits per heavy atom. The molecule has 1 aliphatic heterocycles. The van der Waals surface area contributed by atoms with E-state index in [1.807, 2.05) is 0 Å². The van der Waals surface area contributed by atoms with Crippen LogP contribution in [0.1, 0.15) is 44.9 Å². The SMILES string of the molecule is S=C(NC1CCCC1)N1CCCCC1. The van der Waals surface area contributed by atoms with Crippen molar-refractivity contribution in [3.63, 3.8) is 0 Å². The largest absolute Gasteiger partial charge is 0.360 e. The fraction of sp³-hybridized carbons (Fsp3) is 0.909. The van der Waals surface area contributed by atoms with Gasteiger partial charge in [-0.05, 0) is 44.3 Å². The van der Waals surface area contributed by atoms with Crippen LogP contribution in [0, 0.1) is 0 Å². The molecule has 0 aromatic heterocycles. The summed E-state index contributed by atoms with van der Waals surface area (Å²) in [6, 6.07) is 0.671. The third-order valence-corrected chi connectivity index (χ3v) is 3.70. The summed E-state index contributed by atoms with van der Waals surface area (Å²) in [5.74, 6) is 0. The van der Waals surface area contributed by atoms with Crippen molar-refractivity contribution in [1.82, 2.24) is 10.2 Å². The number of nitrogens with zero attached hydrogens (tertiary/aromatic N) is 1. The molecule has 2 nitrogen and oxygen atoms in total. The highest BCUT2D eigenvalue weighted by atomic mass is 32.1. The van der Waals surface area contributed by atoms with E-state index in [9.17, 15) is 0 Å². The predicted molar refractivity (Wildman–Crippen MR) is 63.4 cm³/mol. The van der Waals surface area contributed by atoms with E-state index in [1.54, 1.807) is 0 Å². The van der Waals surface area contributed by atoms with Crippen LogP contribution >= 0.6 is 12.2 Å². The van der Waals surface area contributed by atoms with Gasteiger partial charge in [-0.25, -0.2) is 0 Å². The Labute approximate surface area is 92.0 Å². The molecule has 0 radical (unpaired) electrons. The highest BCUT2D eigenvalue weighted by Crippen LogP contribution is 2.18. The molecule has 1 heterocycles. The normalized spacial score (nSPS) is 23.9. The summed E-state index contributed by atoms with van der Waals surface area (Å²) in [7, 11) is 0. The third-order valence-electron chi connectivity index (χ3n) is 3.33. The Hall–Kier alpha value is -0.310. The quantitative estimate of drug-likeness (QED) is 0.671. The van der Waals surface area contributed by atoms with Gasteiger partial charge in [0.15, 0.2) is 5.11 Å². The molecule has 0 aromatic rings. The standard InChI is InChI=1S/C11H20N2S/c14-11(12-10-6-2-3-7-10)13-8-4-1-5-9-13/h10H,1-9H2,(H,12,14). The lowest BCUT2D eigenvalue weighted by molar-refractivity contribution is 0.334. The van der Waals surface area contributed by atoms with Gasteiger partial charge in [-0.15, -0.1) is 0 Å². The minimum atomic E-state index is 0.671. The fourth-order valence-electron chi connectivity index (χ4n) is 2.43. The molecule has 0 unspecified atom stereocenters. The molecule has 2 rings (SSSR count). The van der Waals surface area contributed by atoms with Crippen LogP contribution in [-0.4, -0.2) is 29.1 Å². The Morgan fingerprint density at radius 1 is 1.00 bits per heavy atom.